The SMILES string of the molecule is CC(C)(C)OC(=O)NCc1cccc(-c2cncc(OC[C@@H]3CCN3)c2)c1. The van der Waals surface area contributed by atoms with Crippen molar-refractivity contribution in [3.8, 4) is 16.9 Å². The van der Waals surface area contributed by atoms with Gasteiger partial charge in [0.2, 0.25) is 0 Å². The fourth-order valence-corrected chi connectivity index (χ4v) is 2.69. The molecule has 3 rings (SSSR count). The molecule has 1 fully saturated rings. The van der Waals surface area contributed by atoms with Gasteiger partial charge in [-0.25, -0.2) is 4.79 Å². The number of carbonyl (C=O) groups is 1. The van der Waals surface area contributed by atoms with Gasteiger partial charge in [0.15, 0.2) is 0 Å². The first kappa shape index (κ1) is 19.2. The zero-order chi connectivity index (χ0) is 19.3. The van der Waals surface area contributed by atoms with Crippen molar-refractivity contribution < 1.29 is 14.3 Å². The normalized spacial score (nSPS) is 16.3. The minimum Gasteiger partial charge on any atom is -0.490 e. The number of hydrogen-bond donors (Lipinski definition) is 2. The quantitative estimate of drug-likeness (QED) is 0.815. The summed E-state index contributed by atoms with van der Waals surface area (Å²) in [5, 5.41) is 6.10. The van der Waals surface area contributed by atoms with E-state index < -0.39 is 11.7 Å². The third-order valence-corrected chi connectivity index (χ3v) is 4.19. The van der Waals surface area contributed by atoms with Crippen LogP contribution in [0.25, 0.3) is 11.1 Å². The first-order valence-electron chi connectivity index (χ1n) is 9.26. The molecule has 0 saturated carbocycles. The zero-order valence-electron chi connectivity index (χ0n) is 16.1. The predicted molar refractivity (Wildman–Crippen MR) is 105 cm³/mol. The highest BCUT2D eigenvalue weighted by molar-refractivity contribution is 5.68. The Balaban J connectivity index is 1.61. The van der Waals surface area contributed by atoms with Crippen molar-refractivity contribution in [2.24, 2.45) is 0 Å². The number of amides is 1. The molecule has 2 heterocycles. The highest BCUT2D eigenvalue weighted by Crippen LogP contribution is 2.24. The van der Waals surface area contributed by atoms with E-state index in [4.69, 9.17) is 9.47 Å². The van der Waals surface area contributed by atoms with Crippen LogP contribution >= 0.6 is 0 Å². The molecule has 0 spiro atoms. The van der Waals surface area contributed by atoms with E-state index in [0.717, 1.165) is 35.4 Å². The molecule has 0 unspecified atom stereocenters. The molecule has 1 aliphatic heterocycles. The molecule has 27 heavy (non-hydrogen) atoms. The van der Waals surface area contributed by atoms with Crippen LogP contribution in [-0.4, -0.2) is 35.9 Å². The summed E-state index contributed by atoms with van der Waals surface area (Å²) in [6.07, 6.45) is 4.28. The van der Waals surface area contributed by atoms with E-state index in [0.29, 0.717) is 19.2 Å². The third-order valence-electron chi connectivity index (χ3n) is 4.19. The lowest BCUT2D eigenvalue weighted by Crippen LogP contribution is -2.46. The molecule has 1 aromatic heterocycles. The van der Waals surface area contributed by atoms with Gasteiger partial charge in [0.25, 0.3) is 0 Å². The lowest BCUT2D eigenvalue weighted by Gasteiger charge is -2.27. The molecule has 1 saturated heterocycles. The van der Waals surface area contributed by atoms with Gasteiger partial charge in [0.1, 0.15) is 18.0 Å². The van der Waals surface area contributed by atoms with E-state index >= 15 is 0 Å². The van der Waals surface area contributed by atoms with E-state index in [1.807, 2.05) is 57.3 Å². The van der Waals surface area contributed by atoms with Crippen molar-refractivity contribution >= 4 is 6.09 Å². The molecule has 144 valence electrons. The van der Waals surface area contributed by atoms with Crippen LogP contribution in [0, 0.1) is 0 Å². The molecule has 1 aliphatic rings. The number of alkyl carbamates (subject to hydrolysis) is 1. The van der Waals surface area contributed by atoms with Crippen molar-refractivity contribution in [1.82, 2.24) is 15.6 Å². The number of carbonyl (C=O) groups excluding carboxylic acids is 1. The van der Waals surface area contributed by atoms with Crippen LogP contribution in [0.1, 0.15) is 32.8 Å². The maximum atomic E-state index is 11.8. The first-order valence-corrected chi connectivity index (χ1v) is 9.26. The third kappa shape index (κ3) is 5.96. The van der Waals surface area contributed by atoms with Crippen LogP contribution in [0.5, 0.6) is 5.75 Å². The monoisotopic (exact) mass is 369 g/mol. The molecule has 0 bridgehead atoms. The Hall–Kier alpha value is -2.60. The Morgan fingerprint density at radius 2 is 2.07 bits per heavy atom. The second kappa shape index (κ2) is 8.39. The fraction of sp³-hybridized carbons (Fsp3) is 0.429. The summed E-state index contributed by atoms with van der Waals surface area (Å²) < 4.78 is 11.1. The van der Waals surface area contributed by atoms with Crippen molar-refractivity contribution in [3.63, 3.8) is 0 Å². The summed E-state index contributed by atoms with van der Waals surface area (Å²) in [5.74, 6) is 0.762. The molecule has 2 N–H and O–H groups in total. The van der Waals surface area contributed by atoms with Gasteiger partial charge in [-0.15, -0.1) is 0 Å². The highest BCUT2D eigenvalue weighted by atomic mass is 16.6. The molecular formula is C21H27N3O3. The van der Waals surface area contributed by atoms with Crippen LogP contribution in [0.15, 0.2) is 42.7 Å². The lowest BCUT2D eigenvalue weighted by molar-refractivity contribution is 0.0523. The van der Waals surface area contributed by atoms with Crippen LogP contribution in [-0.2, 0) is 11.3 Å². The van der Waals surface area contributed by atoms with Gasteiger partial charge in [-0.3, -0.25) is 4.98 Å². The molecular weight excluding hydrogens is 342 g/mol. The largest absolute Gasteiger partial charge is 0.490 e. The number of nitrogens with zero attached hydrogens (tertiary/aromatic N) is 1. The van der Waals surface area contributed by atoms with Gasteiger partial charge in [-0.1, -0.05) is 18.2 Å². The van der Waals surface area contributed by atoms with E-state index in [9.17, 15) is 4.79 Å². The van der Waals surface area contributed by atoms with Gasteiger partial charge in [-0.05, 0) is 57.0 Å². The van der Waals surface area contributed by atoms with Gasteiger partial charge < -0.3 is 20.1 Å². The second-order valence-electron chi connectivity index (χ2n) is 7.72. The predicted octanol–water partition coefficient (Wildman–Crippen LogP) is 3.51. The van der Waals surface area contributed by atoms with Crippen LogP contribution in [0.2, 0.25) is 0 Å². The smallest absolute Gasteiger partial charge is 0.407 e. The Labute approximate surface area is 160 Å². The highest BCUT2D eigenvalue weighted by Gasteiger charge is 2.17. The molecule has 6 heteroatoms. The van der Waals surface area contributed by atoms with E-state index in [1.165, 1.54) is 0 Å². The van der Waals surface area contributed by atoms with Crippen molar-refractivity contribution in [2.75, 3.05) is 13.2 Å². The topological polar surface area (TPSA) is 72.5 Å². The van der Waals surface area contributed by atoms with Crippen LogP contribution in [0.3, 0.4) is 0 Å². The minimum atomic E-state index is -0.507. The van der Waals surface area contributed by atoms with E-state index in [1.54, 1.807) is 6.20 Å². The number of pyridine rings is 1. The Kier molecular flexibility index (Phi) is 5.96. The number of hydrogen-bond acceptors (Lipinski definition) is 5. The number of benzene rings is 1. The number of aromatic nitrogens is 1. The fourth-order valence-electron chi connectivity index (χ4n) is 2.69. The Bertz CT molecular complexity index is 782. The molecule has 1 aromatic carbocycles. The maximum absolute atomic E-state index is 11.8. The van der Waals surface area contributed by atoms with Crippen molar-refractivity contribution in [1.29, 1.82) is 0 Å². The standard InChI is InChI=1S/C21H27N3O3/c1-21(2,3)27-20(25)24-11-15-5-4-6-16(9-15)17-10-19(13-22-12-17)26-14-18-7-8-23-18/h4-6,9-10,12-13,18,23H,7-8,11,14H2,1-3H3,(H,24,25)/t18-/m0/s1. The van der Waals surface area contributed by atoms with E-state index in [2.05, 4.69) is 15.6 Å². The lowest BCUT2D eigenvalue weighted by atomic mass is 10.0. The van der Waals surface area contributed by atoms with Gasteiger partial charge in [0.05, 0.1) is 6.20 Å². The van der Waals surface area contributed by atoms with Crippen LogP contribution < -0.4 is 15.4 Å². The van der Waals surface area contributed by atoms with Gasteiger partial charge >= 0.3 is 6.09 Å². The summed E-state index contributed by atoms with van der Waals surface area (Å²) in [5.41, 5.74) is 2.49. The average molecular weight is 369 g/mol. The molecule has 1 amide bonds. The second-order valence-corrected chi connectivity index (χ2v) is 7.72. The van der Waals surface area contributed by atoms with Gasteiger partial charge in [-0.2, -0.15) is 0 Å². The number of nitrogens with one attached hydrogen (secondary N) is 2. The summed E-state index contributed by atoms with van der Waals surface area (Å²) in [7, 11) is 0. The molecule has 0 aliphatic carbocycles. The summed E-state index contributed by atoms with van der Waals surface area (Å²) in [6, 6.07) is 10.4. The average Bonchev–Trinajstić information content (AvgIpc) is 2.58. The number of rotatable bonds is 6. The zero-order valence-corrected chi connectivity index (χ0v) is 16.1. The Morgan fingerprint density at radius 1 is 1.26 bits per heavy atom. The van der Waals surface area contributed by atoms with Crippen LogP contribution in [0.4, 0.5) is 4.79 Å². The summed E-state index contributed by atoms with van der Waals surface area (Å²) in [6.45, 7) is 7.66. The first-order chi connectivity index (χ1) is 12.9. The van der Waals surface area contributed by atoms with Crippen molar-refractivity contribution in [2.45, 2.75) is 45.4 Å². The molecule has 1 atom stereocenters. The summed E-state index contributed by atoms with van der Waals surface area (Å²) >= 11 is 0. The molecule has 2 aromatic rings. The molecule has 0 radical (unpaired) electrons. The Morgan fingerprint density at radius 3 is 2.78 bits per heavy atom. The maximum Gasteiger partial charge on any atom is 0.407 e. The van der Waals surface area contributed by atoms with Crippen molar-refractivity contribution in [3.05, 3.63) is 48.3 Å². The number of ether oxygens (including phenoxy) is 2. The minimum absolute atomic E-state index is 0.403. The van der Waals surface area contributed by atoms with E-state index in [-0.39, 0.29) is 0 Å². The van der Waals surface area contributed by atoms with Gasteiger partial charge in [0, 0.05) is 24.3 Å². The molecule has 6 nitrogen and oxygen atoms in total. The summed E-state index contributed by atoms with van der Waals surface area (Å²) in [4.78, 5) is 16.1.